The van der Waals surface area contributed by atoms with Gasteiger partial charge in [-0.2, -0.15) is 0 Å². The second-order valence-electron chi connectivity index (χ2n) is 1.08. The summed E-state index contributed by atoms with van der Waals surface area (Å²) in [6, 6.07) is 0. The van der Waals surface area contributed by atoms with Gasteiger partial charge in [-0.3, -0.25) is 10.1 Å². The Morgan fingerprint density at radius 1 is 2.00 bits per heavy atom. The first-order chi connectivity index (χ1) is 3.66. The van der Waals surface area contributed by atoms with Crippen molar-refractivity contribution in [3.05, 3.63) is 10.1 Å². The largest absolute Gasteiger partial charge is 0.409 e. The Morgan fingerprint density at radius 2 is 2.50 bits per heavy atom. The SMILES string of the molecule is N/C(C[N+](=O)[O-])=N\O. The van der Waals surface area contributed by atoms with Crippen LogP contribution < -0.4 is 5.73 Å². The minimum absolute atomic E-state index is 0.394. The van der Waals surface area contributed by atoms with E-state index in [1.165, 1.54) is 0 Å². The van der Waals surface area contributed by atoms with Crippen molar-refractivity contribution in [2.75, 3.05) is 6.54 Å². The van der Waals surface area contributed by atoms with Crippen LogP contribution in [0.4, 0.5) is 0 Å². The second kappa shape index (κ2) is 2.78. The fourth-order valence-corrected chi connectivity index (χ4v) is 0.164. The first-order valence-electron chi connectivity index (χ1n) is 1.75. The van der Waals surface area contributed by atoms with E-state index >= 15 is 0 Å². The molecule has 6 nitrogen and oxygen atoms in total. The standard InChI is InChI=1S/C2H5N3O3/c3-2(4-6)1-5(7)8/h6H,1H2,(H2,3,4). The van der Waals surface area contributed by atoms with Crippen molar-refractivity contribution >= 4 is 5.84 Å². The highest BCUT2D eigenvalue weighted by molar-refractivity contribution is 5.80. The molecule has 46 valence electrons. The van der Waals surface area contributed by atoms with Crippen LogP contribution in [0.15, 0.2) is 5.16 Å². The van der Waals surface area contributed by atoms with E-state index in [9.17, 15) is 10.1 Å². The molecular weight excluding hydrogens is 114 g/mol. The zero-order valence-corrected chi connectivity index (χ0v) is 3.94. The Hall–Kier alpha value is -1.33. The number of nitrogens with zero attached hydrogens (tertiary/aromatic N) is 2. The summed E-state index contributed by atoms with van der Waals surface area (Å²) in [7, 11) is 0. The van der Waals surface area contributed by atoms with Crippen LogP contribution in [0.5, 0.6) is 0 Å². The number of hydrogen-bond donors (Lipinski definition) is 2. The molecule has 8 heavy (non-hydrogen) atoms. The number of oxime groups is 1. The highest BCUT2D eigenvalue weighted by Crippen LogP contribution is 1.67. The second-order valence-corrected chi connectivity index (χ2v) is 1.08. The minimum atomic E-state index is -0.685. The first-order valence-corrected chi connectivity index (χ1v) is 1.75. The van der Waals surface area contributed by atoms with Crippen molar-refractivity contribution in [3.63, 3.8) is 0 Å². The summed E-state index contributed by atoms with van der Waals surface area (Å²) in [5.74, 6) is -0.394. The molecule has 0 aromatic heterocycles. The molecule has 0 amide bonds. The molecule has 0 unspecified atom stereocenters. The average Bonchev–Trinajstić information content (AvgIpc) is 1.65. The summed E-state index contributed by atoms with van der Waals surface area (Å²) in [6.07, 6.45) is 0. The number of rotatable bonds is 2. The fraction of sp³-hybridized carbons (Fsp3) is 0.500. The van der Waals surface area contributed by atoms with Crippen LogP contribution in [0.2, 0.25) is 0 Å². The van der Waals surface area contributed by atoms with Gasteiger partial charge in [0.15, 0.2) is 0 Å². The summed E-state index contributed by atoms with van der Waals surface area (Å²) < 4.78 is 0. The number of nitro groups is 1. The first kappa shape index (κ1) is 6.67. The molecule has 0 atom stereocenters. The highest BCUT2D eigenvalue weighted by atomic mass is 16.6. The quantitative estimate of drug-likeness (QED) is 0.160. The van der Waals surface area contributed by atoms with Crippen molar-refractivity contribution < 1.29 is 10.1 Å². The van der Waals surface area contributed by atoms with Crippen LogP contribution in [-0.2, 0) is 0 Å². The van der Waals surface area contributed by atoms with Crippen LogP contribution in [0, 0.1) is 10.1 Å². The van der Waals surface area contributed by atoms with E-state index in [1.54, 1.807) is 0 Å². The Bertz CT molecular complexity index is 120. The van der Waals surface area contributed by atoms with Crippen LogP contribution >= 0.6 is 0 Å². The molecule has 0 bridgehead atoms. The van der Waals surface area contributed by atoms with Crippen molar-refractivity contribution in [1.29, 1.82) is 0 Å². The zero-order chi connectivity index (χ0) is 6.57. The number of amidine groups is 1. The maximum atomic E-state index is 9.50. The van der Waals surface area contributed by atoms with Gasteiger partial charge in [-0.05, 0) is 0 Å². The Kier molecular flexibility index (Phi) is 2.32. The summed E-state index contributed by atoms with van der Waals surface area (Å²) >= 11 is 0. The summed E-state index contributed by atoms with van der Waals surface area (Å²) in [5.41, 5.74) is 4.73. The third kappa shape index (κ3) is 2.88. The molecule has 0 radical (unpaired) electrons. The predicted molar refractivity (Wildman–Crippen MR) is 25.3 cm³/mol. The van der Waals surface area contributed by atoms with E-state index in [-0.39, 0.29) is 0 Å². The minimum Gasteiger partial charge on any atom is -0.409 e. The van der Waals surface area contributed by atoms with Crippen molar-refractivity contribution in [2.24, 2.45) is 10.9 Å². The fourth-order valence-electron chi connectivity index (χ4n) is 0.164. The van der Waals surface area contributed by atoms with Gasteiger partial charge >= 0.3 is 0 Å². The van der Waals surface area contributed by atoms with E-state index < -0.39 is 17.3 Å². The number of hydrogen-bond acceptors (Lipinski definition) is 4. The molecule has 0 spiro atoms. The summed E-state index contributed by atoms with van der Waals surface area (Å²) in [4.78, 5) is 8.82. The van der Waals surface area contributed by atoms with Gasteiger partial charge in [0.05, 0.1) is 0 Å². The lowest BCUT2D eigenvalue weighted by atomic mass is 10.6. The van der Waals surface area contributed by atoms with Crippen molar-refractivity contribution in [2.45, 2.75) is 0 Å². The van der Waals surface area contributed by atoms with Crippen LogP contribution in [-0.4, -0.2) is 22.5 Å². The molecule has 3 N–H and O–H groups in total. The van der Waals surface area contributed by atoms with Gasteiger partial charge in [0.25, 0.3) is 6.54 Å². The molecule has 0 saturated carbocycles. The molecule has 0 rings (SSSR count). The van der Waals surface area contributed by atoms with Gasteiger partial charge < -0.3 is 10.9 Å². The molecule has 0 heterocycles. The van der Waals surface area contributed by atoms with Gasteiger partial charge in [-0.25, -0.2) is 0 Å². The van der Waals surface area contributed by atoms with E-state index in [0.717, 1.165) is 0 Å². The van der Waals surface area contributed by atoms with E-state index in [1.807, 2.05) is 0 Å². The average molecular weight is 119 g/mol. The van der Waals surface area contributed by atoms with Crippen molar-refractivity contribution in [3.8, 4) is 0 Å². The van der Waals surface area contributed by atoms with Gasteiger partial charge in [0.1, 0.15) is 0 Å². The van der Waals surface area contributed by atoms with E-state index in [4.69, 9.17) is 10.9 Å². The molecule has 6 heteroatoms. The third-order valence-corrected chi connectivity index (χ3v) is 0.420. The Balaban J connectivity index is 3.56. The smallest absolute Gasteiger partial charge is 0.263 e. The topological polar surface area (TPSA) is 102 Å². The monoisotopic (exact) mass is 119 g/mol. The predicted octanol–water partition coefficient (Wildman–Crippen LogP) is -0.990. The van der Waals surface area contributed by atoms with Crippen LogP contribution in [0.3, 0.4) is 0 Å². The van der Waals surface area contributed by atoms with Crippen LogP contribution in [0.25, 0.3) is 0 Å². The lowest BCUT2D eigenvalue weighted by molar-refractivity contribution is -0.463. The molecule has 0 aromatic rings. The molecule has 0 aliphatic rings. The Morgan fingerprint density at radius 3 is 2.62 bits per heavy atom. The van der Waals surface area contributed by atoms with Gasteiger partial charge in [0, 0.05) is 4.92 Å². The molecule has 0 aliphatic heterocycles. The lowest BCUT2D eigenvalue weighted by Gasteiger charge is -1.86. The van der Waals surface area contributed by atoms with E-state index in [0.29, 0.717) is 0 Å². The third-order valence-electron chi connectivity index (χ3n) is 0.420. The van der Waals surface area contributed by atoms with Gasteiger partial charge in [-0.15, -0.1) is 0 Å². The molecule has 0 saturated heterocycles. The maximum Gasteiger partial charge on any atom is 0.263 e. The highest BCUT2D eigenvalue weighted by Gasteiger charge is 1.99. The van der Waals surface area contributed by atoms with Crippen LogP contribution in [0.1, 0.15) is 0 Å². The lowest BCUT2D eigenvalue weighted by Crippen LogP contribution is -2.22. The maximum absolute atomic E-state index is 9.50. The Labute approximate surface area is 44.7 Å². The summed E-state index contributed by atoms with van der Waals surface area (Å²) in [5, 5.41) is 19.6. The molecule has 0 fully saturated rings. The van der Waals surface area contributed by atoms with Crippen molar-refractivity contribution in [1.82, 2.24) is 0 Å². The van der Waals surface area contributed by atoms with Gasteiger partial charge in [-0.1, -0.05) is 5.16 Å². The normalized spacial score (nSPS) is 11.2. The zero-order valence-electron chi connectivity index (χ0n) is 3.94. The number of nitrogens with two attached hydrogens (primary N) is 1. The van der Waals surface area contributed by atoms with E-state index in [2.05, 4.69) is 5.16 Å². The summed E-state index contributed by atoms with van der Waals surface area (Å²) in [6.45, 7) is -0.615. The van der Waals surface area contributed by atoms with Gasteiger partial charge in [0.2, 0.25) is 5.84 Å². The molecular formula is C2H5N3O3. The molecule has 0 aromatic carbocycles. The molecule has 0 aliphatic carbocycles.